The first-order valence-corrected chi connectivity index (χ1v) is 12.7. The molecule has 4 rings (SSSR count). The van der Waals surface area contributed by atoms with E-state index in [-0.39, 0.29) is 0 Å². The number of aromatic nitrogens is 1. The second kappa shape index (κ2) is 11.7. The largest absolute Gasteiger partial charge is 0.241 e. The summed E-state index contributed by atoms with van der Waals surface area (Å²) in [6, 6.07) is 28.8. The van der Waals surface area contributed by atoms with Crippen LogP contribution in [0.4, 0.5) is 0 Å². The van der Waals surface area contributed by atoms with Gasteiger partial charge in [0.25, 0.3) is 0 Å². The molecule has 0 N–H and O–H groups in total. The Morgan fingerprint density at radius 1 is 0.800 bits per heavy atom. The first-order valence-electron chi connectivity index (χ1n) is 11.3. The van der Waals surface area contributed by atoms with Crippen molar-refractivity contribution in [3.63, 3.8) is 0 Å². The predicted molar refractivity (Wildman–Crippen MR) is 150 cm³/mol. The van der Waals surface area contributed by atoms with Crippen LogP contribution in [0, 0.1) is 25.2 Å². The van der Waals surface area contributed by atoms with E-state index in [0.717, 1.165) is 33.0 Å². The number of hydrogen-bond donors (Lipinski definition) is 0. The highest BCUT2D eigenvalue weighted by atomic mass is 35.5. The molecule has 35 heavy (non-hydrogen) atoms. The lowest BCUT2D eigenvalue weighted by molar-refractivity contribution is 1.09. The maximum Gasteiger partial charge on any atom is 0.115 e. The number of rotatable bonds is 7. The topological polar surface area (TPSA) is 36.7 Å². The van der Waals surface area contributed by atoms with E-state index in [4.69, 9.17) is 16.6 Å². The van der Waals surface area contributed by atoms with Gasteiger partial charge in [-0.25, -0.2) is 4.98 Å². The van der Waals surface area contributed by atoms with Gasteiger partial charge in [-0.3, -0.25) is 0 Å². The highest BCUT2D eigenvalue weighted by Gasteiger charge is 2.12. The normalized spacial score (nSPS) is 11.3. The third-order valence-corrected chi connectivity index (χ3v) is 6.79. The quantitative estimate of drug-likeness (QED) is 0.242. The van der Waals surface area contributed by atoms with E-state index in [1.54, 1.807) is 11.8 Å². The zero-order valence-corrected chi connectivity index (χ0v) is 21.3. The molecule has 0 bridgehead atoms. The average Bonchev–Trinajstić information content (AvgIpc) is 2.87. The number of hydrogen-bond acceptors (Lipinski definition) is 3. The maximum absolute atomic E-state index is 10.0. The van der Waals surface area contributed by atoms with Gasteiger partial charge in [0.2, 0.25) is 0 Å². The van der Waals surface area contributed by atoms with E-state index in [1.807, 2.05) is 48.6 Å². The molecular weight excluding hydrogens is 468 g/mol. The van der Waals surface area contributed by atoms with Crippen LogP contribution in [-0.4, -0.2) is 4.98 Å². The van der Waals surface area contributed by atoms with Gasteiger partial charge < -0.3 is 0 Å². The van der Waals surface area contributed by atoms with E-state index >= 15 is 0 Å². The maximum atomic E-state index is 10.0. The molecule has 0 aliphatic heterocycles. The molecule has 0 saturated carbocycles. The fourth-order valence-corrected chi connectivity index (χ4v) is 4.55. The molecule has 0 fully saturated rings. The average molecular weight is 493 g/mol. The number of nitrogens with zero attached hydrogens (tertiary/aromatic N) is 2. The van der Waals surface area contributed by atoms with Gasteiger partial charge in [0, 0.05) is 10.8 Å². The Morgan fingerprint density at radius 3 is 1.94 bits per heavy atom. The summed E-state index contributed by atoms with van der Waals surface area (Å²) in [5.74, 6) is 0.699. The Bertz CT molecular complexity index is 1400. The molecule has 1 aromatic heterocycles. The standard InChI is InChI=1S/C31H25ClN2S/c1-22-3-7-24(8-4-22)11-15-27-19-29(18-14-25-9-5-23(2)6-10-25)34-31(30(27)20-33)35-21-26-12-16-28(32)17-13-26/h3-19H,21H2,1-2H3/b15-11+,18-14+. The van der Waals surface area contributed by atoms with Crippen LogP contribution >= 0.6 is 23.4 Å². The van der Waals surface area contributed by atoms with Crippen molar-refractivity contribution in [2.45, 2.75) is 24.6 Å². The Balaban J connectivity index is 1.69. The third-order valence-electron chi connectivity index (χ3n) is 5.49. The van der Waals surface area contributed by atoms with Gasteiger partial charge in [0.05, 0.1) is 11.3 Å². The van der Waals surface area contributed by atoms with Gasteiger partial charge in [-0.1, -0.05) is 102 Å². The number of pyridine rings is 1. The predicted octanol–water partition coefficient (Wildman–Crippen LogP) is 8.86. The molecule has 0 atom stereocenters. The van der Waals surface area contributed by atoms with E-state index in [9.17, 15) is 5.26 Å². The summed E-state index contributed by atoms with van der Waals surface area (Å²) in [5.41, 5.74) is 8.01. The van der Waals surface area contributed by atoms with Gasteiger partial charge in [-0.2, -0.15) is 5.26 Å². The summed E-state index contributed by atoms with van der Waals surface area (Å²) in [6.45, 7) is 4.15. The minimum absolute atomic E-state index is 0.583. The number of halogens is 1. The summed E-state index contributed by atoms with van der Waals surface area (Å²) in [6.07, 6.45) is 8.09. The van der Waals surface area contributed by atoms with Crippen LogP contribution in [0.5, 0.6) is 0 Å². The Hall–Kier alpha value is -3.58. The second-order valence-electron chi connectivity index (χ2n) is 8.33. The minimum atomic E-state index is 0.583. The highest BCUT2D eigenvalue weighted by molar-refractivity contribution is 7.98. The molecule has 0 radical (unpaired) electrons. The van der Waals surface area contributed by atoms with E-state index < -0.39 is 0 Å². The smallest absolute Gasteiger partial charge is 0.115 e. The second-order valence-corrected chi connectivity index (χ2v) is 9.73. The lowest BCUT2D eigenvalue weighted by Gasteiger charge is -2.09. The first kappa shape index (κ1) is 24.5. The van der Waals surface area contributed by atoms with Crippen molar-refractivity contribution < 1.29 is 0 Å². The number of thioether (sulfide) groups is 1. The minimum Gasteiger partial charge on any atom is -0.241 e. The van der Waals surface area contributed by atoms with Crippen molar-refractivity contribution in [1.82, 2.24) is 4.98 Å². The highest BCUT2D eigenvalue weighted by Crippen LogP contribution is 2.29. The number of nitriles is 1. The summed E-state index contributed by atoms with van der Waals surface area (Å²) < 4.78 is 0. The van der Waals surface area contributed by atoms with E-state index in [2.05, 4.69) is 74.5 Å². The summed E-state index contributed by atoms with van der Waals surface area (Å²) in [7, 11) is 0. The van der Waals surface area contributed by atoms with Gasteiger partial charge in [0.15, 0.2) is 0 Å². The molecule has 0 aliphatic rings. The van der Waals surface area contributed by atoms with Crippen LogP contribution < -0.4 is 0 Å². The molecule has 172 valence electrons. The van der Waals surface area contributed by atoms with E-state index in [1.165, 1.54) is 11.1 Å². The fourth-order valence-electron chi connectivity index (χ4n) is 3.45. The molecule has 2 nitrogen and oxygen atoms in total. The lowest BCUT2D eigenvalue weighted by atomic mass is 10.1. The lowest BCUT2D eigenvalue weighted by Crippen LogP contribution is -1.95. The van der Waals surface area contributed by atoms with Crippen LogP contribution in [0.1, 0.15) is 44.6 Å². The van der Waals surface area contributed by atoms with Crippen LogP contribution in [0.2, 0.25) is 5.02 Å². The number of benzene rings is 3. The third kappa shape index (κ3) is 6.96. The summed E-state index contributed by atoms with van der Waals surface area (Å²) in [5, 5.41) is 11.4. The van der Waals surface area contributed by atoms with Crippen molar-refractivity contribution in [2.24, 2.45) is 0 Å². The summed E-state index contributed by atoms with van der Waals surface area (Å²) >= 11 is 7.59. The molecule has 1 heterocycles. The van der Waals surface area contributed by atoms with Crippen molar-refractivity contribution in [3.8, 4) is 6.07 Å². The van der Waals surface area contributed by atoms with Gasteiger partial charge in [0.1, 0.15) is 11.1 Å². The Labute approximate surface area is 216 Å². The molecule has 0 saturated heterocycles. The van der Waals surface area contributed by atoms with Crippen molar-refractivity contribution in [2.75, 3.05) is 0 Å². The monoisotopic (exact) mass is 492 g/mol. The molecule has 3 aromatic carbocycles. The Kier molecular flexibility index (Phi) is 8.21. The molecule has 4 heteroatoms. The fraction of sp³-hybridized carbons (Fsp3) is 0.0968. The molecule has 0 unspecified atom stereocenters. The first-order chi connectivity index (χ1) is 17.0. The van der Waals surface area contributed by atoms with Crippen LogP contribution in [0.15, 0.2) is 83.9 Å². The molecule has 0 spiro atoms. The SMILES string of the molecule is Cc1ccc(/C=C/c2cc(/C=C/c3ccc(C)cc3)c(C#N)c(SCc3ccc(Cl)cc3)n2)cc1. The summed E-state index contributed by atoms with van der Waals surface area (Å²) in [4.78, 5) is 4.83. The van der Waals surface area contributed by atoms with Crippen LogP contribution in [0.25, 0.3) is 24.3 Å². The van der Waals surface area contributed by atoms with Crippen molar-refractivity contribution in [1.29, 1.82) is 5.26 Å². The number of aryl methyl sites for hydroxylation is 2. The van der Waals surface area contributed by atoms with Crippen LogP contribution in [0.3, 0.4) is 0 Å². The van der Waals surface area contributed by atoms with Gasteiger partial charge in [-0.15, -0.1) is 11.8 Å². The van der Waals surface area contributed by atoms with E-state index in [0.29, 0.717) is 16.3 Å². The molecular formula is C31H25ClN2S. The molecule has 0 aliphatic carbocycles. The van der Waals surface area contributed by atoms with Gasteiger partial charge in [-0.05, 0) is 60.4 Å². The van der Waals surface area contributed by atoms with Gasteiger partial charge >= 0.3 is 0 Å². The van der Waals surface area contributed by atoms with Crippen molar-refractivity contribution in [3.05, 3.63) is 129 Å². The van der Waals surface area contributed by atoms with Crippen LogP contribution in [-0.2, 0) is 5.75 Å². The molecule has 4 aromatic rings. The zero-order chi connectivity index (χ0) is 24.6. The zero-order valence-electron chi connectivity index (χ0n) is 19.7. The molecule has 0 amide bonds. The van der Waals surface area contributed by atoms with Crippen molar-refractivity contribution >= 4 is 47.7 Å². The Morgan fingerprint density at radius 2 is 1.37 bits per heavy atom.